The van der Waals surface area contributed by atoms with Crippen LogP contribution in [0.2, 0.25) is 0 Å². The fraction of sp³-hybridized carbons (Fsp3) is 0.562. The number of amides is 1. The maximum atomic E-state index is 11.8. The molecule has 0 saturated carbocycles. The van der Waals surface area contributed by atoms with Crippen LogP contribution in [-0.2, 0) is 11.2 Å². The van der Waals surface area contributed by atoms with Crippen LogP contribution >= 0.6 is 12.4 Å². The number of hydrogen-bond donors (Lipinski definition) is 2. The van der Waals surface area contributed by atoms with E-state index in [2.05, 4.69) is 5.32 Å². The van der Waals surface area contributed by atoms with Crippen LogP contribution in [0.5, 0.6) is 17.2 Å². The van der Waals surface area contributed by atoms with E-state index in [0.29, 0.717) is 43.2 Å². The first-order valence-electron chi connectivity index (χ1n) is 7.42. The number of nitrogens with two attached hydrogens (primary N) is 1. The Hall–Kier alpha value is -1.66. The first-order chi connectivity index (χ1) is 10.7. The monoisotopic (exact) mass is 346 g/mol. The number of rotatable bonds is 10. The summed E-state index contributed by atoms with van der Waals surface area (Å²) in [5.41, 5.74) is 6.33. The molecular formula is C16H27ClN2O4. The molecule has 0 spiro atoms. The highest BCUT2D eigenvalue weighted by Gasteiger charge is 2.16. The van der Waals surface area contributed by atoms with Gasteiger partial charge in [0.15, 0.2) is 11.5 Å². The number of carbonyl (C=O) groups excluding carboxylic acids is 1. The maximum absolute atomic E-state index is 11.8. The molecule has 0 aliphatic carbocycles. The Bertz CT molecular complexity index is 483. The summed E-state index contributed by atoms with van der Waals surface area (Å²) in [6, 6.07) is 3.71. The molecular weight excluding hydrogens is 320 g/mol. The normalized spacial score (nSPS) is 9.74. The van der Waals surface area contributed by atoms with E-state index < -0.39 is 0 Å². The van der Waals surface area contributed by atoms with Gasteiger partial charge in [-0.2, -0.15) is 0 Å². The first-order valence-corrected chi connectivity index (χ1v) is 7.42. The minimum absolute atomic E-state index is 0. The van der Waals surface area contributed by atoms with E-state index in [-0.39, 0.29) is 18.3 Å². The summed E-state index contributed by atoms with van der Waals surface area (Å²) in [5.74, 6) is 1.78. The van der Waals surface area contributed by atoms with Crippen LogP contribution in [0, 0.1) is 0 Å². The van der Waals surface area contributed by atoms with Crippen molar-refractivity contribution in [1.29, 1.82) is 0 Å². The predicted octanol–water partition coefficient (Wildman–Crippen LogP) is 1.92. The van der Waals surface area contributed by atoms with E-state index in [1.807, 2.05) is 12.1 Å². The van der Waals surface area contributed by atoms with Crippen LogP contribution in [0.15, 0.2) is 12.1 Å². The largest absolute Gasteiger partial charge is 0.493 e. The van der Waals surface area contributed by atoms with Gasteiger partial charge in [-0.25, -0.2) is 0 Å². The average Bonchev–Trinajstić information content (AvgIpc) is 2.55. The molecule has 6 nitrogen and oxygen atoms in total. The van der Waals surface area contributed by atoms with Gasteiger partial charge in [-0.05, 0) is 37.4 Å². The Kier molecular flexibility index (Phi) is 11.0. The van der Waals surface area contributed by atoms with E-state index in [4.69, 9.17) is 19.9 Å². The summed E-state index contributed by atoms with van der Waals surface area (Å²) in [5, 5.41) is 2.89. The van der Waals surface area contributed by atoms with E-state index >= 15 is 0 Å². The smallest absolute Gasteiger partial charge is 0.220 e. The molecule has 3 N–H and O–H groups in total. The number of aryl methyl sites for hydroxylation is 1. The summed E-state index contributed by atoms with van der Waals surface area (Å²) in [4.78, 5) is 11.8. The van der Waals surface area contributed by atoms with Gasteiger partial charge in [-0.1, -0.05) is 6.07 Å². The van der Waals surface area contributed by atoms with Crippen molar-refractivity contribution in [2.24, 2.45) is 5.73 Å². The molecule has 0 saturated heterocycles. The Morgan fingerprint density at radius 2 is 1.78 bits per heavy atom. The van der Waals surface area contributed by atoms with Crippen molar-refractivity contribution in [3.8, 4) is 17.2 Å². The summed E-state index contributed by atoms with van der Waals surface area (Å²) in [7, 11) is 4.72. The molecule has 1 amide bonds. The van der Waals surface area contributed by atoms with Gasteiger partial charge in [0.2, 0.25) is 11.7 Å². The topological polar surface area (TPSA) is 82.8 Å². The molecule has 0 aliphatic rings. The maximum Gasteiger partial charge on any atom is 0.220 e. The number of benzene rings is 1. The lowest BCUT2D eigenvalue weighted by atomic mass is 10.1. The van der Waals surface area contributed by atoms with Crippen molar-refractivity contribution in [3.05, 3.63) is 17.7 Å². The predicted molar refractivity (Wildman–Crippen MR) is 93.0 cm³/mol. The zero-order valence-electron chi connectivity index (χ0n) is 14.0. The van der Waals surface area contributed by atoms with Gasteiger partial charge < -0.3 is 25.3 Å². The van der Waals surface area contributed by atoms with E-state index in [9.17, 15) is 4.79 Å². The van der Waals surface area contributed by atoms with Crippen LogP contribution < -0.4 is 25.3 Å². The number of unbranched alkanes of at least 4 members (excludes halogenated alkanes) is 1. The van der Waals surface area contributed by atoms with Crippen molar-refractivity contribution in [1.82, 2.24) is 5.32 Å². The highest BCUT2D eigenvalue weighted by molar-refractivity contribution is 5.85. The minimum atomic E-state index is 0. The van der Waals surface area contributed by atoms with Crippen LogP contribution in [0.25, 0.3) is 0 Å². The summed E-state index contributed by atoms with van der Waals surface area (Å²) in [6.45, 7) is 1.32. The lowest BCUT2D eigenvalue weighted by molar-refractivity contribution is -0.121. The molecule has 0 fully saturated rings. The number of methoxy groups -OCH3 is 3. The van der Waals surface area contributed by atoms with Crippen LogP contribution in [0.4, 0.5) is 0 Å². The fourth-order valence-corrected chi connectivity index (χ4v) is 2.19. The third kappa shape index (κ3) is 6.54. The molecule has 0 heterocycles. The summed E-state index contributed by atoms with van der Waals surface area (Å²) >= 11 is 0. The Morgan fingerprint density at radius 1 is 1.09 bits per heavy atom. The third-order valence-electron chi connectivity index (χ3n) is 3.36. The molecule has 0 atom stereocenters. The minimum Gasteiger partial charge on any atom is -0.493 e. The Balaban J connectivity index is 0.00000484. The van der Waals surface area contributed by atoms with Crippen molar-refractivity contribution in [2.45, 2.75) is 25.7 Å². The average molecular weight is 347 g/mol. The van der Waals surface area contributed by atoms with Crippen LogP contribution in [0.1, 0.15) is 24.8 Å². The summed E-state index contributed by atoms with van der Waals surface area (Å²) in [6.07, 6.45) is 2.80. The molecule has 0 aromatic heterocycles. The van der Waals surface area contributed by atoms with Crippen molar-refractivity contribution >= 4 is 18.3 Å². The summed E-state index contributed by atoms with van der Waals surface area (Å²) < 4.78 is 16.0. The second-order valence-electron chi connectivity index (χ2n) is 4.84. The molecule has 0 radical (unpaired) electrons. The van der Waals surface area contributed by atoms with Crippen LogP contribution in [0.3, 0.4) is 0 Å². The molecule has 1 aromatic rings. The first kappa shape index (κ1) is 21.3. The number of hydrogen-bond acceptors (Lipinski definition) is 5. The molecule has 23 heavy (non-hydrogen) atoms. The molecule has 0 bridgehead atoms. The molecule has 1 aromatic carbocycles. The number of carbonyl (C=O) groups is 1. The zero-order chi connectivity index (χ0) is 16.4. The van der Waals surface area contributed by atoms with Gasteiger partial charge in [0, 0.05) is 13.0 Å². The quantitative estimate of drug-likeness (QED) is 0.632. The number of ether oxygens (including phenoxy) is 3. The molecule has 7 heteroatoms. The Morgan fingerprint density at radius 3 is 2.35 bits per heavy atom. The number of nitrogens with one attached hydrogen (secondary N) is 1. The molecule has 0 aliphatic heterocycles. The standard InChI is InChI=1S/C16H26N2O4.ClH/c1-20-13-8-6-12(15(21-2)16(13)22-3)7-9-14(19)18-11-5-4-10-17;/h6,8H,4-5,7,9-11,17H2,1-3H3,(H,18,19);1H. The highest BCUT2D eigenvalue weighted by Crippen LogP contribution is 2.40. The second kappa shape index (κ2) is 11.8. The lowest BCUT2D eigenvalue weighted by Crippen LogP contribution is -2.25. The van der Waals surface area contributed by atoms with E-state index in [1.54, 1.807) is 21.3 Å². The number of halogens is 1. The van der Waals surface area contributed by atoms with Crippen LogP contribution in [-0.4, -0.2) is 40.3 Å². The van der Waals surface area contributed by atoms with Gasteiger partial charge >= 0.3 is 0 Å². The van der Waals surface area contributed by atoms with E-state index in [1.165, 1.54) is 0 Å². The molecule has 0 unspecified atom stereocenters. The van der Waals surface area contributed by atoms with Crippen molar-refractivity contribution < 1.29 is 19.0 Å². The van der Waals surface area contributed by atoms with Gasteiger partial charge in [0.25, 0.3) is 0 Å². The fourth-order valence-electron chi connectivity index (χ4n) is 2.19. The van der Waals surface area contributed by atoms with Gasteiger partial charge in [-0.15, -0.1) is 12.4 Å². The van der Waals surface area contributed by atoms with Gasteiger partial charge in [-0.3, -0.25) is 4.79 Å². The third-order valence-corrected chi connectivity index (χ3v) is 3.36. The molecule has 1 rings (SSSR count). The zero-order valence-corrected chi connectivity index (χ0v) is 14.8. The Labute approximate surface area is 144 Å². The van der Waals surface area contributed by atoms with Gasteiger partial charge in [0.1, 0.15) is 0 Å². The van der Waals surface area contributed by atoms with E-state index in [0.717, 1.165) is 18.4 Å². The van der Waals surface area contributed by atoms with Gasteiger partial charge in [0.05, 0.1) is 21.3 Å². The van der Waals surface area contributed by atoms with Crippen molar-refractivity contribution in [3.63, 3.8) is 0 Å². The molecule has 132 valence electrons. The van der Waals surface area contributed by atoms with Crippen molar-refractivity contribution in [2.75, 3.05) is 34.4 Å². The second-order valence-corrected chi connectivity index (χ2v) is 4.84. The highest BCUT2D eigenvalue weighted by atomic mass is 35.5. The lowest BCUT2D eigenvalue weighted by Gasteiger charge is -2.15. The SMILES string of the molecule is COc1ccc(CCC(=O)NCCCCN)c(OC)c1OC.Cl.